The first-order chi connectivity index (χ1) is 18.2. The van der Waals surface area contributed by atoms with Crippen LogP contribution in [0.1, 0.15) is 18.4 Å². The third-order valence-corrected chi connectivity index (χ3v) is 5.41. The number of carboxylic acids is 2. The molecule has 0 spiro atoms. The summed E-state index contributed by atoms with van der Waals surface area (Å²) in [5.74, 6) is -4.19. The Morgan fingerprint density at radius 2 is 1.67 bits per heavy atom. The van der Waals surface area contributed by atoms with Crippen LogP contribution in [0.5, 0.6) is 0 Å². The Morgan fingerprint density at radius 1 is 1.03 bits per heavy atom. The topological polar surface area (TPSA) is 155 Å². The first-order valence-electron chi connectivity index (χ1n) is 11.1. The van der Waals surface area contributed by atoms with Crippen LogP contribution in [0.3, 0.4) is 0 Å². The maximum absolute atomic E-state index is 12.4. The molecule has 0 bridgehead atoms. The average molecular weight is 567 g/mol. The molecule has 214 valence electrons. The molecule has 2 aromatic heterocycles. The zero-order chi connectivity index (χ0) is 29.2. The molecule has 2 aliphatic heterocycles. The van der Waals surface area contributed by atoms with E-state index in [0.717, 1.165) is 37.3 Å². The van der Waals surface area contributed by atoms with Crippen molar-refractivity contribution in [2.45, 2.75) is 43.9 Å². The number of amides is 1. The third kappa shape index (κ3) is 10.3. The van der Waals surface area contributed by atoms with E-state index >= 15 is 0 Å². The predicted molar refractivity (Wildman–Crippen MR) is 119 cm³/mol. The maximum atomic E-state index is 12.4. The van der Waals surface area contributed by atoms with Crippen LogP contribution in [0, 0.1) is 5.92 Å². The molecule has 4 heterocycles. The first-order valence-corrected chi connectivity index (χ1v) is 11.1. The smallest absolute Gasteiger partial charge is 0.475 e. The van der Waals surface area contributed by atoms with Crippen molar-refractivity contribution in [3.05, 3.63) is 48.7 Å². The number of alkyl halides is 6. The zero-order valence-electron chi connectivity index (χ0n) is 19.9. The Bertz CT molecular complexity index is 1070. The second-order valence-corrected chi connectivity index (χ2v) is 8.15. The highest BCUT2D eigenvalue weighted by Crippen LogP contribution is 2.34. The van der Waals surface area contributed by atoms with Crippen molar-refractivity contribution >= 4 is 23.7 Å². The Morgan fingerprint density at radius 3 is 2.18 bits per heavy atom. The first kappa shape index (κ1) is 31.2. The van der Waals surface area contributed by atoms with Crippen molar-refractivity contribution in [1.82, 2.24) is 20.3 Å². The van der Waals surface area contributed by atoms with Crippen molar-refractivity contribution in [2.24, 2.45) is 5.92 Å². The quantitative estimate of drug-likeness (QED) is 0.470. The number of ether oxygens (including phenoxy) is 1. The lowest BCUT2D eigenvalue weighted by Crippen LogP contribution is -2.43. The SMILES string of the molecule is O=C(NCc1cccnc1)[C@@H]1C[C@@H]2CCN(c3ccncn3)C[C@H]2O1.O=C(O)C(F)(F)F.O=C(O)C(F)(F)F. The minimum Gasteiger partial charge on any atom is -0.475 e. The summed E-state index contributed by atoms with van der Waals surface area (Å²) in [6.07, 6.45) is -1.85. The molecule has 2 saturated heterocycles. The van der Waals surface area contributed by atoms with E-state index in [1.165, 1.54) is 0 Å². The normalized spacial score (nSPS) is 20.4. The van der Waals surface area contributed by atoms with Gasteiger partial charge in [-0.05, 0) is 36.5 Å². The fourth-order valence-corrected chi connectivity index (χ4v) is 3.58. The molecule has 0 aromatic carbocycles. The molecule has 0 aliphatic carbocycles. The Kier molecular flexibility index (Phi) is 10.9. The number of nitrogens with one attached hydrogen (secondary N) is 1. The van der Waals surface area contributed by atoms with Crippen molar-refractivity contribution in [3.8, 4) is 0 Å². The molecule has 11 nitrogen and oxygen atoms in total. The summed E-state index contributed by atoms with van der Waals surface area (Å²) in [7, 11) is 0. The Labute approximate surface area is 216 Å². The number of anilines is 1. The van der Waals surface area contributed by atoms with Gasteiger partial charge >= 0.3 is 24.3 Å². The highest BCUT2D eigenvalue weighted by atomic mass is 19.4. The molecule has 4 rings (SSSR count). The number of nitrogens with zero attached hydrogens (tertiary/aromatic N) is 4. The summed E-state index contributed by atoms with van der Waals surface area (Å²) >= 11 is 0. The number of piperidine rings is 1. The van der Waals surface area contributed by atoms with E-state index in [1.54, 1.807) is 24.9 Å². The summed E-state index contributed by atoms with van der Waals surface area (Å²) in [5.41, 5.74) is 0.987. The van der Waals surface area contributed by atoms with Gasteiger partial charge in [0.1, 0.15) is 18.2 Å². The van der Waals surface area contributed by atoms with E-state index in [9.17, 15) is 31.1 Å². The molecule has 2 fully saturated rings. The van der Waals surface area contributed by atoms with Crippen LogP contribution in [0.15, 0.2) is 43.1 Å². The van der Waals surface area contributed by atoms with Crippen LogP contribution in [-0.4, -0.2) is 80.7 Å². The van der Waals surface area contributed by atoms with Crippen molar-refractivity contribution in [2.75, 3.05) is 18.0 Å². The summed E-state index contributed by atoms with van der Waals surface area (Å²) < 4.78 is 69.5. The largest absolute Gasteiger partial charge is 0.490 e. The fourth-order valence-electron chi connectivity index (χ4n) is 3.58. The molecule has 0 saturated carbocycles. The third-order valence-electron chi connectivity index (χ3n) is 5.41. The highest BCUT2D eigenvalue weighted by molar-refractivity contribution is 5.81. The van der Waals surface area contributed by atoms with Crippen molar-refractivity contribution in [1.29, 1.82) is 0 Å². The minimum absolute atomic E-state index is 0.0353. The number of rotatable bonds is 4. The summed E-state index contributed by atoms with van der Waals surface area (Å²) in [4.78, 5) is 44.7. The summed E-state index contributed by atoms with van der Waals surface area (Å²) in [6.45, 7) is 2.19. The molecule has 17 heteroatoms. The van der Waals surface area contributed by atoms with Gasteiger partial charge in [-0.25, -0.2) is 19.6 Å². The highest BCUT2D eigenvalue weighted by Gasteiger charge is 2.42. The number of carbonyl (C=O) groups excluding carboxylic acids is 1. The molecule has 0 unspecified atom stereocenters. The van der Waals surface area contributed by atoms with Gasteiger partial charge in [-0.3, -0.25) is 9.78 Å². The number of hydrogen-bond donors (Lipinski definition) is 3. The number of carboxylic acid groups (broad SMARTS) is 2. The predicted octanol–water partition coefficient (Wildman–Crippen LogP) is 2.44. The molecule has 3 atom stereocenters. The van der Waals surface area contributed by atoms with E-state index in [2.05, 4.69) is 25.2 Å². The van der Waals surface area contributed by atoms with Crippen molar-refractivity contribution in [3.63, 3.8) is 0 Å². The molecular formula is C22H23F6N5O6. The lowest BCUT2D eigenvalue weighted by molar-refractivity contribution is -0.193. The number of aliphatic carboxylic acids is 2. The number of halogens is 6. The van der Waals surface area contributed by atoms with Gasteiger partial charge in [0, 0.05) is 38.2 Å². The molecule has 2 aromatic rings. The van der Waals surface area contributed by atoms with Gasteiger partial charge < -0.3 is 25.2 Å². The van der Waals surface area contributed by atoms with Gasteiger partial charge in [0.05, 0.1) is 6.10 Å². The molecular weight excluding hydrogens is 544 g/mol. The van der Waals surface area contributed by atoms with Gasteiger partial charge in [-0.15, -0.1) is 0 Å². The van der Waals surface area contributed by atoms with Crippen LogP contribution in [0.4, 0.5) is 32.2 Å². The standard InChI is InChI=1S/C18H21N5O2.2C2HF3O2/c24-18(21-10-13-2-1-5-19-9-13)15-8-14-4-7-23(11-16(14)25-15)17-3-6-20-12-22-17;2*3-2(4,5)1(6)7/h1-3,5-6,9,12,14-16H,4,7-8,10-11H2,(H,21,24);2*(H,6,7)/t14-,15-,16+;;/m0../s1. The van der Waals surface area contributed by atoms with Gasteiger partial charge in [0.2, 0.25) is 5.91 Å². The van der Waals surface area contributed by atoms with Gasteiger partial charge in [-0.2, -0.15) is 26.3 Å². The van der Waals surface area contributed by atoms with E-state index in [0.29, 0.717) is 12.5 Å². The van der Waals surface area contributed by atoms with Crippen molar-refractivity contribution < 1.29 is 55.7 Å². The molecule has 1 amide bonds. The number of aromatic nitrogens is 3. The number of hydrogen-bond acceptors (Lipinski definition) is 8. The summed E-state index contributed by atoms with van der Waals surface area (Å²) in [6, 6.07) is 5.72. The second kappa shape index (κ2) is 13.7. The Hall–Kier alpha value is -4.02. The second-order valence-electron chi connectivity index (χ2n) is 8.15. The number of carbonyl (C=O) groups is 3. The van der Waals surface area contributed by atoms with E-state index < -0.39 is 24.3 Å². The van der Waals surface area contributed by atoms with Gasteiger partial charge in [0.25, 0.3) is 0 Å². The van der Waals surface area contributed by atoms with E-state index in [1.807, 2.05) is 18.2 Å². The lowest BCUT2D eigenvalue weighted by Gasteiger charge is -2.34. The zero-order valence-corrected chi connectivity index (χ0v) is 19.9. The molecule has 3 N–H and O–H groups in total. The van der Waals surface area contributed by atoms with Gasteiger partial charge in [0.15, 0.2) is 0 Å². The molecule has 2 aliphatic rings. The number of pyridine rings is 1. The maximum Gasteiger partial charge on any atom is 0.490 e. The molecule has 0 radical (unpaired) electrons. The van der Waals surface area contributed by atoms with Crippen LogP contribution < -0.4 is 10.2 Å². The van der Waals surface area contributed by atoms with E-state index in [4.69, 9.17) is 24.5 Å². The monoisotopic (exact) mass is 567 g/mol. The Balaban J connectivity index is 0.000000317. The van der Waals surface area contributed by atoms with Crippen LogP contribution >= 0.6 is 0 Å². The average Bonchev–Trinajstić information content (AvgIpc) is 3.32. The number of fused-ring (bicyclic) bond motifs is 1. The van der Waals surface area contributed by atoms with E-state index in [-0.39, 0.29) is 18.1 Å². The van der Waals surface area contributed by atoms with Crippen LogP contribution in [0.25, 0.3) is 0 Å². The molecule has 39 heavy (non-hydrogen) atoms. The van der Waals surface area contributed by atoms with Crippen LogP contribution in [-0.2, 0) is 25.7 Å². The lowest BCUT2D eigenvalue weighted by atomic mass is 9.91. The minimum atomic E-state index is -5.08. The summed E-state index contributed by atoms with van der Waals surface area (Å²) in [5, 5.41) is 17.2. The van der Waals surface area contributed by atoms with Gasteiger partial charge in [-0.1, -0.05) is 6.07 Å². The fraction of sp³-hybridized carbons (Fsp3) is 0.455. The van der Waals surface area contributed by atoms with Crippen LogP contribution in [0.2, 0.25) is 0 Å².